The quantitative estimate of drug-likeness (QED) is 0.290. The Bertz CT molecular complexity index is 360. The zero-order chi connectivity index (χ0) is 27.4. The Morgan fingerprint density at radius 1 is 0.429 bits per heavy atom. The van der Waals surface area contributed by atoms with Crippen LogP contribution in [0.25, 0.3) is 0 Å². The van der Waals surface area contributed by atoms with Gasteiger partial charge in [0, 0.05) is 86.9 Å². The van der Waals surface area contributed by atoms with Crippen LogP contribution in [0.1, 0.15) is 27.7 Å². The Labute approximate surface area is 231 Å². The SMILES string of the molecule is CC(=O)O.CC(=O)O.CC(=O)O.CC(=O)O.CN(C)CCN(C)C.CN(C)CCN(C)C.O.[Ni].[Ni]. The topological polar surface area (TPSA) is 194 Å². The van der Waals surface area contributed by atoms with Crippen LogP contribution >= 0.6 is 0 Å². The van der Waals surface area contributed by atoms with Crippen molar-refractivity contribution in [3.63, 3.8) is 0 Å². The third-order valence-corrected chi connectivity index (χ3v) is 1.99. The van der Waals surface area contributed by atoms with Crippen LogP contribution in [0.4, 0.5) is 0 Å². The van der Waals surface area contributed by atoms with Crippen LogP contribution < -0.4 is 0 Å². The Morgan fingerprint density at radius 3 is 0.514 bits per heavy atom. The molecule has 35 heavy (non-hydrogen) atoms. The van der Waals surface area contributed by atoms with Crippen molar-refractivity contribution in [2.75, 3.05) is 82.6 Å². The number of carboxylic acids is 4. The minimum absolute atomic E-state index is 0. The smallest absolute Gasteiger partial charge is 0.300 e. The largest absolute Gasteiger partial charge is 0.481 e. The summed E-state index contributed by atoms with van der Waals surface area (Å²) in [5, 5.41) is 29.7. The number of nitrogens with zero attached hydrogens (tertiary/aromatic N) is 4. The second-order valence-electron chi connectivity index (χ2n) is 7.29. The van der Waals surface area contributed by atoms with Crippen LogP contribution in [-0.4, -0.2) is 152 Å². The van der Waals surface area contributed by atoms with Crippen molar-refractivity contribution in [3.05, 3.63) is 0 Å². The van der Waals surface area contributed by atoms with E-state index in [4.69, 9.17) is 39.6 Å². The molecule has 0 fully saturated rings. The van der Waals surface area contributed by atoms with Gasteiger partial charge in [-0.25, -0.2) is 0 Å². The molecule has 0 amide bonds. The van der Waals surface area contributed by atoms with Gasteiger partial charge in [0.25, 0.3) is 23.9 Å². The molecule has 0 rings (SSSR count). The molecule has 224 valence electrons. The predicted octanol–water partition coefficient (Wildman–Crippen LogP) is -0.247. The van der Waals surface area contributed by atoms with Gasteiger partial charge in [-0.1, -0.05) is 0 Å². The first-order valence-corrected chi connectivity index (χ1v) is 9.55. The number of hydrogen-bond acceptors (Lipinski definition) is 8. The van der Waals surface area contributed by atoms with Crippen molar-refractivity contribution in [3.8, 4) is 0 Å². The van der Waals surface area contributed by atoms with Crippen molar-refractivity contribution in [2.45, 2.75) is 27.7 Å². The summed E-state index contributed by atoms with van der Waals surface area (Å²) < 4.78 is 0. The maximum Gasteiger partial charge on any atom is 0.300 e. The van der Waals surface area contributed by atoms with Gasteiger partial charge in [0.2, 0.25) is 0 Å². The summed E-state index contributed by atoms with van der Waals surface area (Å²) in [5.41, 5.74) is 0. The summed E-state index contributed by atoms with van der Waals surface area (Å²) in [5.74, 6) is -3.33. The van der Waals surface area contributed by atoms with Gasteiger partial charge >= 0.3 is 0 Å². The molecule has 0 aromatic rings. The molecular formula is C20H50N4Ni2O9. The molecule has 0 aliphatic rings. The average molecular weight is 608 g/mol. The van der Waals surface area contributed by atoms with Gasteiger partial charge in [-0.2, -0.15) is 0 Å². The summed E-state index contributed by atoms with van der Waals surface area (Å²) in [6, 6.07) is 0. The number of hydrogen-bond donors (Lipinski definition) is 4. The first-order chi connectivity index (χ1) is 14.2. The average Bonchev–Trinajstić information content (AvgIpc) is 2.49. The summed E-state index contributed by atoms with van der Waals surface area (Å²) in [7, 11) is 16.7. The van der Waals surface area contributed by atoms with Gasteiger partial charge in [0.15, 0.2) is 0 Å². The van der Waals surface area contributed by atoms with Crippen molar-refractivity contribution < 1.29 is 78.1 Å². The van der Waals surface area contributed by atoms with E-state index in [1.807, 2.05) is 0 Å². The molecular weight excluding hydrogens is 558 g/mol. The fraction of sp³-hybridized carbons (Fsp3) is 0.800. The van der Waals surface area contributed by atoms with Crippen molar-refractivity contribution in [1.82, 2.24) is 19.6 Å². The van der Waals surface area contributed by atoms with Crippen molar-refractivity contribution >= 4 is 23.9 Å². The molecule has 15 heteroatoms. The summed E-state index contributed by atoms with van der Waals surface area (Å²) >= 11 is 0. The second kappa shape index (κ2) is 46.1. The minimum Gasteiger partial charge on any atom is -0.481 e. The maximum absolute atomic E-state index is 9.00. The number of likely N-dealkylation sites (N-methyl/N-ethyl adjacent to an activating group) is 4. The fourth-order valence-electron chi connectivity index (χ4n) is 0.800. The molecule has 0 aromatic carbocycles. The summed E-state index contributed by atoms with van der Waals surface area (Å²) in [6.45, 7) is 8.92. The third-order valence-electron chi connectivity index (χ3n) is 1.99. The van der Waals surface area contributed by atoms with Gasteiger partial charge in [-0.15, -0.1) is 0 Å². The van der Waals surface area contributed by atoms with E-state index in [0.29, 0.717) is 0 Å². The van der Waals surface area contributed by atoms with E-state index in [1.54, 1.807) is 0 Å². The fourth-order valence-corrected chi connectivity index (χ4v) is 0.800. The molecule has 0 aliphatic carbocycles. The first kappa shape index (κ1) is 59.0. The Hall–Kier alpha value is -1.33. The van der Waals surface area contributed by atoms with Crippen LogP contribution in [0.5, 0.6) is 0 Å². The third kappa shape index (κ3) is 409. The Morgan fingerprint density at radius 2 is 0.486 bits per heavy atom. The van der Waals surface area contributed by atoms with E-state index in [1.165, 1.54) is 0 Å². The van der Waals surface area contributed by atoms with E-state index < -0.39 is 23.9 Å². The van der Waals surface area contributed by atoms with Crippen LogP contribution in [0.2, 0.25) is 0 Å². The van der Waals surface area contributed by atoms with Crippen LogP contribution in [-0.2, 0) is 52.2 Å². The van der Waals surface area contributed by atoms with E-state index in [2.05, 4.69) is 76.0 Å². The number of rotatable bonds is 6. The van der Waals surface area contributed by atoms with Crippen molar-refractivity contribution in [1.29, 1.82) is 0 Å². The molecule has 0 spiro atoms. The van der Waals surface area contributed by atoms with Gasteiger partial charge < -0.3 is 45.5 Å². The monoisotopic (exact) mass is 606 g/mol. The number of aliphatic carboxylic acids is 4. The number of carbonyl (C=O) groups is 4. The predicted molar refractivity (Wildman–Crippen MR) is 131 cm³/mol. The molecule has 13 nitrogen and oxygen atoms in total. The van der Waals surface area contributed by atoms with E-state index >= 15 is 0 Å². The minimum atomic E-state index is -0.833. The van der Waals surface area contributed by atoms with Gasteiger partial charge in [0.05, 0.1) is 0 Å². The van der Waals surface area contributed by atoms with Crippen LogP contribution in [0.3, 0.4) is 0 Å². The molecule has 0 saturated carbocycles. The van der Waals surface area contributed by atoms with Crippen LogP contribution in [0, 0.1) is 0 Å². The van der Waals surface area contributed by atoms with Gasteiger partial charge in [-0.05, 0) is 56.4 Å². The number of carboxylic acid groups (broad SMARTS) is 4. The standard InChI is InChI=1S/2C6H16N2.4C2H4O2.2Ni.H2O/c2*1-7(2)5-6-8(3)4;4*1-2(3)4;;;/h2*5-6H2,1-4H3;4*1H3,(H,3,4);;;1H2. The van der Waals surface area contributed by atoms with Gasteiger partial charge in [0.1, 0.15) is 0 Å². The molecule has 6 N–H and O–H groups in total. The Balaban J connectivity index is -0.0000000336. The molecule has 0 atom stereocenters. The van der Waals surface area contributed by atoms with E-state index in [0.717, 1.165) is 53.9 Å². The van der Waals surface area contributed by atoms with Gasteiger partial charge in [-0.3, -0.25) is 19.2 Å². The normalized spacial score (nSPS) is 8.00. The Kier molecular flexibility index (Phi) is 77.7. The van der Waals surface area contributed by atoms with Crippen LogP contribution in [0.15, 0.2) is 0 Å². The molecule has 0 heterocycles. The van der Waals surface area contributed by atoms with E-state index in [9.17, 15) is 0 Å². The second-order valence-corrected chi connectivity index (χ2v) is 7.29. The molecule has 0 saturated heterocycles. The first-order valence-electron chi connectivity index (χ1n) is 9.55. The zero-order valence-corrected chi connectivity index (χ0v) is 25.1. The molecule has 0 unspecified atom stereocenters. The molecule has 0 aromatic heterocycles. The zero-order valence-electron chi connectivity index (χ0n) is 23.2. The van der Waals surface area contributed by atoms with E-state index in [-0.39, 0.29) is 38.5 Å². The summed E-state index contributed by atoms with van der Waals surface area (Å²) in [6.07, 6.45) is 0. The molecule has 0 radical (unpaired) electrons. The molecule has 0 aliphatic heterocycles. The molecule has 0 bridgehead atoms. The van der Waals surface area contributed by atoms with Crippen molar-refractivity contribution in [2.24, 2.45) is 0 Å². The summed E-state index contributed by atoms with van der Waals surface area (Å²) in [4.78, 5) is 44.7. The maximum atomic E-state index is 9.00.